The molecule has 1 radical (unpaired) electrons. The molecule has 9 heavy (non-hydrogen) atoms. The molecular formula is C5H11N2O2. The van der Waals surface area contributed by atoms with Crippen molar-refractivity contribution in [2.45, 2.75) is 19.8 Å². The third kappa shape index (κ3) is 7.23. The lowest BCUT2D eigenvalue weighted by Crippen LogP contribution is -2.22. The van der Waals surface area contributed by atoms with Crippen molar-refractivity contribution in [2.24, 2.45) is 0 Å². The number of carbonyl (C=O) groups excluding carboxylic acids is 1. The molecule has 0 fully saturated rings. The minimum absolute atomic E-state index is 0.487. The van der Waals surface area contributed by atoms with Crippen LogP contribution in [0.3, 0.4) is 0 Å². The van der Waals surface area contributed by atoms with Gasteiger partial charge in [-0.25, -0.2) is 16.0 Å². The van der Waals surface area contributed by atoms with Gasteiger partial charge >= 0.3 is 6.03 Å². The van der Waals surface area contributed by atoms with E-state index in [1.165, 1.54) is 0 Å². The molecule has 0 rings (SSSR count). The van der Waals surface area contributed by atoms with Gasteiger partial charge in [0.15, 0.2) is 0 Å². The lowest BCUT2D eigenvalue weighted by atomic mass is 10.4. The highest BCUT2D eigenvalue weighted by Gasteiger charge is 1.89. The molecule has 0 bridgehead atoms. The zero-order valence-corrected chi connectivity index (χ0v) is 5.44. The van der Waals surface area contributed by atoms with Crippen LogP contribution in [0.2, 0.25) is 0 Å². The zero-order valence-electron chi connectivity index (χ0n) is 5.44. The highest BCUT2D eigenvalue weighted by molar-refractivity contribution is 5.69. The molecule has 0 spiro atoms. The number of amides is 2. The van der Waals surface area contributed by atoms with E-state index in [1.54, 1.807) is 0 Å². The van der Waals surface area contributed by atoms with Gasteiger partial charge in [-0.3, -0.25) is 4.84 Å². The maximum absolute atomic E-state index is 9.84. The average Bonchev–Trinajstić information content (AvgIpc) is 1.80. The van der Waals surface area contributed by atoms with Crippen LogP contribution in [0.5, 0.6) is 0 Å². The van der Waals surface area contributed by atoms with Crippen LogP contribution in [0.1, 0.15) is 19.8 Å². The summed E-state index contributed by atoms with van der Waals surface area (Å²) in [6, 6.07) is -0.897. The Morgan fingerprint density at radius 2 is 2.44 bits per heavy atom. The Kier molecular flexibility index (Phi) is 4.91. The first-order valence-electron chi connectivity index (χ1n) is 2.90. The topological polar surface area (TPSA) is 62.1 Å². The van der Waals surface area contributed by atoms with E-state index in [2.05, 4.69) is 4.84 Å². The van der Waals surface area contributed by atoms with Gasteiger partial charge in [0.25, 0.3) is 0 Å². The Morgan fingerprint density at radius 1 is 1.78 bits per heavy atom. The van der Waals surface area contributed by atoms with E-state index in [9.17, 15) is 4.79 Å². The van der Waals surface area contributed by atoms with Crippen molar-refractivity contribution in [1.29, 1.82) is 0 Å². The fourth-order valence-electron chi connectivity index (χ4n) is 0.333. The summed E-state index contributed by atoms with van der Waals surface area (Å²) in [6.07, 6.45) is 1.92. The van der Waals surface area contributed by atoms with Gasteiger partial charge in [-0.2, -0.15) is 0 Å². The highest BCUT2D eigenvalue weighted by atomic mass is 16.7. The fourth-order valence-corrected chi connectivity index (χ4v) is 0.333. The fraction of sp³-hybridized carbons (Fsp3) is 0.800. The van der Waals surface area contributed by atoms with Crippen LogP contribution >= 0.6 is 0 Å². The average molecular weight is 131 g/mol. The molecule has 0 heterocycles. The summed E-state index contributed by atoms with van der Waals surface area (Å²) in [4.78, 5) is 14.4. The third-order valence-corrected chi connectivity index (χ3v) is 0.765. The molecule has 0 aliphatic carbocycles. The first-order valence-corrected chi connectivity index (χ1v) is 2.90. The lowest BCUT2D eigenvalue weighted by molar-refractivity contribution is 0.0619. The summed E-state index contributed by atoms with van der Waals surface area (Å²) < 4.78 is 0. The van der Waals surface area contributed by atoms with E-state index in [1.807, 2.05) is 12.4 Å². The Hall–Kier alpha value is -0.770. The molecule has 53 valence electrons. The molecule has 4 nitrogen and oxygen atoms in total. The number of rotatable bonds is 4. The maximum atomic E-state index is 9.84. The molecule has 0 atom stereocenters. The van der Waals surface area contributed by atoms with E-state index in [0.717, 1.165) is 12.8 Å². The van der Waals surface area contributed by atoms with Gasteiger partial charge in [-0.1, -0.05) is 13.3 Å². The van der Waals surface area contributed by atoms with Crippen LogP contribution in [0, 0.1) is 0 Å². The molecule has 0 aliphatic heterocycles. The maximum Gasteiger partial charge on any atom is 0.357 e. The van der Waals surface area contributed by atoms with Gasteiger partial charge in [0.05, 0.1) is 6.61 Å². The van der Waals surface area contributed by atoms with Crippen molar-refractivity contribution >= 4 is 6.03 Å². The number of carbonyl (C=O) groups is 1. The monoisotopic (exact) mass is 131 g/mol. The van der Waals surface area contributed by atoms with Crippen molar-refractivity contribution < 1.29 is 9.63 Å². The highest BCUT2D eigenvalue weighted by Crippen LogP contribution is 1.84. The van der Waals surface area contributed by atoms with Crippen molar-refractivity contribution in [1.82, 2.24) is 11.2 Å². The third-order valence-electron chi connectivity index (χ3n) is 0.765. The summed E-state index contributed by atoms with van der Waals surface area (Å²) in [5, 5.41) is 0. The zero-order chi connectivity index (χ0) is 7.11. The second-order valence-electron chi connectivity index (χ2n) is 1.63. The summed E-state index contributed by atoms with van der Waals surface area (Å²) in [5.74, 6) is 0. The minimum Gasteiger partial charge on any atom is -0.272 e. The van der Waals surface area contributed by atoms with Crippen molar-refractivity contribution in [2.75, 3.05) is 6.61 Å². The van der Waals surface area contributed by atoms with Crippen LogP contribution in [0.25, 0.3) is 0 Å². The van der Waals surface area contributed by atoms with E-state index in [0.29, 0.717) is 6.61 Å². The Balaban J connectivity index is 2.83. The molecule has 0 aromatic heterocycles. The van der Waals surface area contributed by atoms with Gasteiger partial charge in [0.1, 0.15) is 0 Å². The predicted octanol–water partition coefficient (Wildman–Crippen LogP) is 0.711. The van der Waals surface area contributed by atoms with Crippen molar-refractivity contribution in [3.05, 3.63) is 0 Å². The quantitative estimate of drug-likeness (QED) is 0.451. The summed E-state index contributed by atoms with van der Waals surface area (Å²) in [6.45, 7) is 2.51. The molecule has 4 heteroatoms. The van der Waals surface area contributed by atoms with Gasteiger partial charge in [0, 0.05) is 0 Å². The van der Waals surface area contributed by atoms with Gasteiger partial charge in [-0.05, 0) is 6.42 Å². The molecule has 2 N–H and O–H groups in total. The van der Waals surface area contributed by atoms with Gasteiger partial charge in [-0.15, -0.1) is 0 Å². The van der Waals surface area contributed by atoms with E-state index < -0.39 is 6.03 Å². The normalized spacial score (nSPS) is 9.00. The summed E-state index contributed by atoms with van der Waals surface area (Å²) >= 11 is 0. The number of hydrogen-bond donors (Lipinski definition) is 1. The lowest BCUT2D eigenvalue weighted by Gasteiger charge is -1.98. The Morgan fingerprint density at radius 3 is 2.89 bits per heavy atom. The number of nitrogens with one attached hydrogen (secondary N) is 2. The van der Waals surface area contributed by atoms with Gasteiger partial charge in [0.2, 0.25) is 0 Å². The molecular weight excluding hydrogens is 120 g/mol. The van der Waals surface area contributed by atoms with Crippen molar-refractivity contribution in [3.8, 4) is 0 Å². The second-order valence-corrected chi connectivity index (χ2v) is 1.63. The Bertz CT molecular complexity index is 85.0. The molecule has 0 aliphatic rings. The molecule has 0 aromatic rings. The smallest absolute Gasteiger partial charge is 0.272 e. The molecule has 0 unspecified atom stereocenters. The molecule has 0 saturated carbocycles. The number of hydrogen-bond acceptors (Lipinski definition) is 2. The van der Waals surface area contributed by atoms with Crippen LogP contribution in [0.15, 0.2) is 0 Å². The van der Waals surface area contributed by atoms with Crippen LogP contribution in [0.4, 0.5) is 4.79 Å². The largest absolute Gasteiger partial charge is 0.357 e. The second kappa shape index (κ2) is 5.37. The van der Waals surface area contributed by atoms with Crippen molar-refractivity contribution in [3.63, 3.8) is 0 Å². The SMILES string of the molecule is CCCCONC([NH])=O. The van der Waals surface area contributed by atoms with Gasteiger partial charge < -0.3 is 0 Å². The number of hydroxylamine groups is 1. The molecule has 2 amide bonds. The molecule has 0 saturated heterocycles. The standard InChI is InChI=1S/C5H11N2O2/c1-2-3-4-9-7-5(6)8/h6H,2-4H2,1H3,(H,7,8). The number of unbranched alkanes of at least 4 members (excludes halogenated alkanes) is 1. The summed E-state index contributed by atoms with van der Waals surface area (Å²) in [7, 11) is 0. The first-order chi connectivity index (χ1) is 4.27. The first kappa shape index (κ1) is 8.23. The Labute approximate surface area is 54.3 Å². The van der Waals surface area contributed by atoms with E-state index in [-0.39, 0.29) is 0 Å². The number of urea groups is 1. The summed E-state index contributed by atoms with van der Waals surface area (Å²) in [5.41, 5.74) is 8.25. The molecule has 0 aromatic carbocycles. The van der Waals surface area contributed by atoms with Crippen LogP contribution in [-0.2, 0) is 4.84 Å². The minimum atomic E-state index is -0.897. The van der Waals surface area contributed by atoms with Crippen LogP contribution < -0.4 is 11.2 Å². The van der Waals surface area contributed by atoms with E-state index in [4.69, 9.17) is 5.73 Å². The van der Waals surface area contributed by atoms with E-state index >= 15 is 0 Å². The van der Waals surface area contributed by atoms with Crippen LogP contribution in [-0.4, -0.2) is 12.6 Å². The predicted molar refractivity (Wildman–Crippen MR) is 32.5 cm³/mol.